The monoisotopic (exact) mass is 291 g/mol. The first-order valence-electron chi connectivity index (χ1n) is 7.12. The second-order valence-electron chi connectivity index (χ2n) is 5.31. The highest BCUT2D eigenvalue weighted by molar-refractivity contribution is 7.12. The Morgan fingerprint density at radius 2 is 2.05 bits per heavy atom. The first-order chi connectivity index (χ1) is 9.29. The zero-order valence-electron chi connectivity index (χ0n) is 11.7. The molecule has 3 rings (SSSR count). The van der Waals surface area contributed by atoms with E-state index in [1.54, 1.807) is 10.4 Å². The highest BCUT2D eigenvalue weighted by Crippen LogP contribution is 2.36. The van der Waals surface area contributed by atoms with Gasteiger partial charge in [-0.1, -0.05) is 6.42 Å². The van der Waals surface area contributed by atoms with Crippen LogP contribution in [0.4, 0.5) is 0 Å². The van der Waals surface area contributed by atoms with Crippen LogP contribution in [0.2, 0.25) is 0 Å². The van der Waals surface area contributed by atoms with Crippen LogP contribution in [-0.4, -0.2) is 7.05 Å². The molecule has 1 nitrogen and oxygen atoms in total. The average molecular weight is 291 g/mol. The van der Waals surface area contributed by atoms with Gasteiger partial charge in [0.05, 0.1) is 6.04 Å². The van der Waals surface area contributed by atoms with Gasteiger partial charge in [-0.2, -0.15) is 0 Å². The fourth-order valence-electron chi connectivity index (χ4n) is 2.98. The molecule has 0 radical (unpaired) electrons. The number of fused-ring (bicyclic) bond motifs is 1. The Morgan fingerprint density at radius 1 is 1.21 bits per heavy atom. The van der Waals surface area contributed by atoms with E-state index in [-0.39, 0.29) is 0 Å². The van der Waals surface area contributed by atoms with E-state index in [0.29, 0.717) is 6.04 Å². The maximum Gasteiger partial charge on any atom is 0.0679 e. The molecule has 0 bridgehead atoms. The fraction of sp³-hybridized carbons (Fsp3) is 0.500. The largest absolute Gasteiger partial charge is 0.309 e. The topological polar surface area (TPSA) is 12.0 Å². The van der Waals surface area contributed by atoms with E-state index in [1.165, 1.54) is 47.4 Å². The minimum absolute atomic E-state index is 0.378. The third-order valence-corrected chi connectivity index (χ3v) is 6.21. The number of thiophene rings is 2. The summed E-state index contributed by atoms with van der Waals surface area (Å²) in [6.07, 6.45) is 6.71. The van der Waals surface area contributed by atoms with Gasteiger partial charge >= 0.3 is 0 Å². The van der Waals surface area contributed by atoms with Gasteiger partial charge in [-0.25, -0.2) is 0 Å². The molecule has 0 fully saturated rings. The molecule has 2 aromatic heterocycles. The van der Waals surface area contributed by atoms with Crippen molar-refractivity contribution in [2.24, 2.45) is 0 Å². The van der Waals surface area contributed by atoms with Gasteiger partial charge in [0.15, 0.2) is 0 Å². The van der Waals surface area contributed by atoms with Gasteiger partial charge in [-0.3, -0.25) is 0 Å². The Balaban J connectivity index is 1.94. The fourth-order valence-corrected chi connectivity index (χ4v) is 5.11. The van der Waals surface area contributed by atoms with Gasteiger partial charge in [-0.15, -0.1) is 22.7 Å². The standard InChI is InChI=1S/C16H21NS2/c1-11-13(8-9-18-11)16(17-2)15-10-12-6-4-3-5-7-14(12)19-15/h8-10,16-17H,3-7H2,1-2H3. The van der Waals surface area contributed by atoms with E-state index in [4.69, 9.17) is 0 Å². The van der Waals surface area contributed by atoms with Crippen molar-refractivity contribution in [2.75, 3.05) is 7.05 Å². The Kier molecular flexibility index (Phi) is 4.06. The predicted molar refractivity (Wildman–Crippen MR) is 85.5 cm³/mol. The Labute approximate surface area is 123 Å². The van der Waals surface area contributed by atoms with Crippen molar-refractivity contribution in [3.05, 3.63) is 43.3 Å². The molecule has 3 heteroatoms. The van der Waals surface area contributed by atoms with Crippen LogP contribution in [0.15, 0.2) is 17.5 Å². The molecule has 0 amide bonds. The Morgan fingerprint density at radius 3 is 2.79 bits per heavy atom. The molecule has 0 saturated heterocycles. The molecule has 102 valence electrons. The Hall–Kier alpha value is -0.640. The normalized spacial score (nSPS) is 16.9. The van der Waals surface area contributed by atoms with Gasteiger partial charge in [0.25, 0.3) is 0 Å². The molecule has 0 spiro atoms. The third kappa shape index (κ3) is 2.64. The second kappa shape index (κ2) is 5.78. The van der Waals surface area contributed by atoms with E-state index >= 15 is 0 Å². The van der Waals surface area contributed by atoms with Crippen LogP contribution in [0.1, 0.15) is 51.1 Å². The number of hydrogen-bond donors (Lipinski definition) is 1. The van der Waals surface area contributed by atoms with Crippen molar-refractivity contribution in [1.29, 1.82) is 0 Å². The third-order valence-electron chi connectivity index (χ3n) is 4.05. The van der Waals surface area contributed by atoms with E-state index < -0.39 is 0 Å². The molecule has 1 unspecified atom stereocenters. The summed E-state index contributed by atoms with van der Waals surface area (Å²) in [4.78, 5) is 4.57. The molecule has 2 aromatic rings. The van der Waals surface area contributed by atoms with Gasteiger partial charge in [0, 0.05) is 14.6 Å². The van der Waals surface area contributed by atoms with Crippen LogP contribution in [0.25, 0.3) is 0 Å². The molecule has 0 aromatic carbocycles. The lowest BCUT2D eigenvalue weighted by Crippen LogP contribution is -2.16. The summed E-state index contributed by atoms with van der Waals surface area (Å²) in [7, 11) is 2.08. The Bertz CT molecular complexity index is 529. The first kappa shape index (κ1) is 13.3. The van der Waals surface area contributed by atoms with Crippen LogP contribution in [0.5, 0.6) is 0 Å². The van der Waals surface area contributed by atoms with Crippen LogP contribution in [0, 0.1) is 6.92 Å². The van der Waals surface area contributed by atoms with Gasteiger partial charge in [0.1, 0.15) is 0 Å². The number of nitrogens with one attached hydrogen (secondary N) is 1. The molecular weight excluding hydrogens is 270 g/mol. The van der Waals surface area contributed by atoms with Crippen LogP contribution in [-0.2, 0) is 12.8 Å². The molecule has 1 aliphatic carbocycles. The van der Waals surface area contributed by atoms with Crippen molar-refractivity contribution in [1.82, 2.24) is 5.32 Å². The molecule has 1 N–H and O–H groups in total. The summed E-state index contributed by atoms with van der Waals surface area (Å²) >= 11 is 3.88. The highest BCUT2D eigenvalue weighted by Gasteiger charge is 2.20. The summed E-state index contributed by atoms with van der Waals surface area (Å²) in [5, 5.41) is 5.71. The molecule has 0 aliphatic heterocycles. The minimum atomic E-state index is 0.378. The minimum Gasteiger partial charge on any atom is -0.309 e. The molecule has 19 heavy (non-hydrogen) atoms. The van der Waals surface area contributed by atoms with E-state index in [1.807, 2.05) is 22.7 Å². The quantitative estimate of drug-likeness (QED) is 0.809. The molecule has 0 saturated carbocycles. The molecular formula is C16H21NS2. The van der Waals surface area contributed by atoms with Crippen molar-refractivity contribution < 1.29 is 0 Å². The number of hydrogen-bond acceptors (Lipinski definition) is 3. The van der Waals surface area contributed by atoms with Crippen molar-refractivity contribution in [3.63, 3.8) is 0 Å². The predicted octanol–water partition coefficient (Wildman–Crippen LogP) is 4.70. The van der Waals surface area contributed by atoms with Crippen molar-refractivity contribution >= 4 is 22.7 Å². The van der Waals surface area contributed by atoms with Crippen molar-refractivity contribution in [2.45, 2.75) is 45.1 Å². The van der Waals surface area contributed by atoms with E-state index in [0.717, 1.165) is 0 Å². The van der Waals surface area contributed by atoms with Crippen LogP contribution < -0.4 is 5.32 Å². The van der Waals surface area contributed by atoms with E-state index in [2.05, 4.69) is 36.8 Å². The summed E-state index contributed by atoms with van der Waals surface area (Å²) in [5.41, 5.74) is 3.06. The van der Waals surface area contributed by atoms with E-state index in [9.17, 15) is 0 Å². The smallest absolute Gasteiger partial charge is 0.0679 e. The van der Waals surface area contributed by atoms with Gasteiger partial charge < -0.3 is 5.32 Å². The average Bonchev–Trinajstić information content (AvgIpc) is 2.93. The zero-order chi connectivity index (χ0) is 13.2. The lowest BCUT2D eigenvalue weighted by Gasteiger charge is -2.14. The zero-order valence-corrected chi connectivity index (χ0v) is 13.3. The molecule has 1 atom stereocenters. The summed E-state index contributed by atoms with van der Waals surface area (Å²) in [5.74, 6) is 0. The summed E-state index contributed by atoms with van der Waals surface area (Å²) in [6, 6.07) is 5.11. The van der Waals surface area contributed by atoms with Crippen LogP contribution >= 0.6 is 22.7 Å². The maximum atomic E-state index is 3.50. The van der Waals surface area contributed by atoms with Crippen molar-refractivity contribution in [3.8, 4) is 0 Å². The maximum absolute atomic E-state index is 3.50. The SMILES string of the molecule is CNC(c1cc2c(s1)CCCCC2)c1ccsc1C. The number of rotatable bonds is 3. The lowest BCUT2D eigenvalue weighted by molar-refractivity contribution is 0.697. The first-order valence-corrected chi connectivity index (χ1v) is 8.82. The second-order valence-corrected chi connectivity index (χ2v) is 7.60. The van der Waals surface area contributed by atoms with Crippen LogP contribution in [0.3, 0.4) is 0 Å². The highest BCUT2D eigenvalue weighted by atomic mass is 32.1. The molecule has 1 aliphatic rings. The summed E-state index contributed by atoms with van der Waals surface area (Å²) < 4.78 is 0. The lowest BCUT2D eigenvalue weighted by atomic mass is 10.0. The van der Waals surface area contributed by atoms with Gasteiger partial charge in [-0.05, 0) is 68.3 Å². The van der Waals surface area contributed by atoms with Gasteiger partial charge in [0.2, 0.25) is 0 Å². The molecule has 2 heterocycles. The number of aryl methyl sites for hydroxylation is 3. The summed E-state index contributed by atoms with van der Waals surface area (Å²) in [6.45, 7) is 2.23.